The number of rotatable bonds is 8. The smallest absolute Gasteiger partial charge is 0.0571 e. The van der Waals surface area contributed by atoms with E-state index in [2.05, 4.69) is 31.0 Å². The maximum atomic E-state index is 10.2. The molecule has 2 aliphatic rings. The van der Waals surface area contributed by atoms with E-state index in [0.29, 0.717) is 23.8 Å². The number of nitrogens with one attached hydrogen (secondary N) is 1. The SMILES string of the molecule is CCCN1CC(CC(O)C2CC2)CC(NCC(C)C)C1. The Morgan fingerprint density at radius 1 is 1.25 bits per heavy atom. The average Bonchev–Trinajstić information content (AvgIpc) is 3.20. The second-order valence-electron chi connectivity index (χ2n) is 7.50. The van der Waals surface area contributed by atoms with Gasteiger partial charge in [-0.3, -0.25) is 0 Å². The van der Waals surface area contributed by atoms with Crippen LogP contribution in [0.5, 0.6) is 0 Å². The fourth-order valence-corrected chi connectivity index (χ4v) is 3.54. The van der Waals surface area contributed by atoms with Crippen LogP contribution in [0.3, 0.4) is 0 Å². The number of hydrogen-bond donors (Lipinski definition) is 2. The minimum Gasteiger partial charge on any atom is -0.393 e. The Labute approximate surface area is 125 Å². The van der Waals surface area contributed by atoms with Crippen molar-refractivity contribution >= 4 is 0 Å². The Morgan fingerprint density at radius 2 is 2.00 bits per heavy atom. The van der Waals surface area contributed by atoms with Gasteiger partial charge in [0.05, 0.1) is 6.10 Å². The van der Waals surface area contributed by atoms with Crippen LogP contribution in [0.15, 0.2) is 0 Å². The summed E-state index contributed by atoms with van der Waals surface area (Å²) in [6, 6.07) is 0.620. The van der Waals surface area contributed by atoms with Crippen LogP contribution in [0.1, 0.15) is 52.9 Å². The van der Waals surface area contributed by atoms with Gasteiger partial charge in [0.1, 0.15) is 0 Å². The average molecular weight is 282 g/mol. The predicted molar refractivity (Wildman–Crippen MR) is 84.8 cm³/mol. The Morgan fingerprint density at radius 3 is 2.60 bits per heavy atom. The summed E-state index contributed by atoms with van der Waals surface area (Å²) in [5, 5.41) is 14.0. The number of likely N-dealkylation sites (tertiary alicyclic amines) is 1. The minimum atomic E-state index is -0.0349. The highest BCUT2D eigenvalue weighted by Crippen LogP contribution is 2.36. The Hall–Kier alpha value is -0.120. The zero-order chi connectivity index (χ0) is 14.5. The summed E-state index contributed by atoms with van der Waals surface area (Å²) in [6.45, 7) is 11.5. The predicted octanol–water partition coefficient (Wildman–Crippen LogP) is 2.49. The number of aliphatic hydroxyl groups excluding tert-OH is 1. The van der Waals surface area contributed by atoms with Crippen molar-refractivity contribution in [2.75, 3.05) is 26.2 Å². The Balaban J connectivity index is 1.82. The monoisotopic (exact) mass is 282 g/mol. The highest BCUT2D eigenvalue weighted by atomic mass is 16.3. The van der Waals surface area contributed by atoms with Crippen molar-refractivity contribution in [3.05, 3.63) is 0 Å². The molecule has 118 valence electrons. The van der Waals surface area contributed by atoms with Crippen molar-refractivity contribution in [3.8, 4) is 0 Å². The largest absolute Gasteiger partial charge is 0.393 e. The first-order valence-electron chi connectivity index (χ1n) is 8.72. The minimum absolute atomic E-state index is 0.0349. The van der Waals surface area contributed by atoms with E-state index >= 15 is 0 Å². The normalized spacial score (nSPS) is 29.9. The molecule has 2 fully saturated rings. The third-order valence-electron chi connectivity index (χ3n) is 4.71. The van der Waals surface area contributed by atoms with E-state index in [1.165, 1.54) is 45.3 Å². The summed E-state index contributed by atoms with van der Waals surface area (Å²) in [5.41, 5.74) is 0. The third-order valence-corrected chi connectivity index (χ3v) is 4.71. The molecule has 1 saturated carbocycles. The number of aliphatic hydroxyl groups is 1. The molecule has 2 rings (SSSR count). The number of hydrogen-bond acceptors (Lipinski definition) is 3. The van der Waals surface area contributed by atoms with Gasteiger partial charge in [0, 0.05) is 19.1 Å². The van der Waals surface area contributed by atoms with E-state index in [1.807, 2.05) is 0 Å². The van der Waals surface area contributed by atoms with Crippen LogP contribution in [-0.4, -0.2) is 48.3 Å². The van der Waals surface area contributed by atoms with Crippen molar-refractivity contribution in [1.29, 1.82) is 0 Å². The fourth-order valence-electron chi connectivity index (χ4n) is 3.54. The van der Waals surface area contributed by atoms with E-state index in [0.717, 1.165) is 13.0 Å². The molecule has 0 radical (unpaired) electrons. The van der Waals surface area contributed by atoms with E-state index < -0.39 is 0 Å². The summed E-state index contributed by atoms with van der Waals surface area (Å²) in [6.07, 6.45) is 5.96. The van der Waals surface area contributed by atoms with Gasteiger partial charge in [-0.1, -0.05) is 20.8 Å². The molecule has 0 bridgehead atoms. The van der Waals surface area contributed by atoms with Crippen LogP contribution in [0.2, 0.25) is 0 Å². The van der Waals surface area contributed by atoms with Gasteiger partial charge in [0.2, 0.25) is 0 Å². The maximum absolute atomic E-state index is 10.2. The molecule has 2 N–H and O–H groups in total. The molecule has 0 aromatic carbocycles. The van der Waals surface area contributed by atoms with Crippen molar-refractivity contribution in [2.24, 2.45) is 17.8 Å². The quantitative estimate of drug-likeness (QED) is 0.718. The first-order valence-corrected chi connectivity index (χ1v) is 8.72. The highest BCUT2D eigenvalue weighted by molar-refractivity contribution is 4.88. The summed E-state index contributed by atoms with van der Waals surface area (Å²) >= 11 is 0. The second-order valence-corrected chi connectivity index (χ2v) is 7.50. The first kappa shape index (κ1) is 16.3. The van der Waals surface area contributed by atoms with Crippen molar-refractivity contribution in [2.45, 2.75) is 65.0 Å². The van der Waals surface area contributed by atoms with Gasteiger partial charge < -0.3 is 15.3 Å². The molecular formula is C17H34N2O. The first-order chi connectivity index (χ1) is 9.58. The number of piperidine rings is 1. The van der Waals surface area contributed by atoms with E-state index in [9.17, 15) is 5.11 Å². The Bertz CT molecular complexity index is 278. The second kappa shape index (κ2) is 7.77. The van der Waals surface area contributed by atoms with Crippen molar-refractivity contribution in [3.63, 3.8) is 0 Å². The molecular weight excluding hydrogens is 248 g/mol. The summed E-state index contributed by atoms with van der Waals surface area (Å²) in [5.74, 6) is 2.02. The molecule has 0 aromatic rings. The zero-order valence-electron chi connectivity index (χ0n) is 13.6. The lowest BCUT2D eigenvalue weighted by atomic mass is 9.88. The van der Waals surface area contributed by atoms with Crippen LogP contribution >= 0.6 is 0 Å². The van der Waals surface area contributed by atoms with Crippen LogP contribution in [0.4, 0.5) is 0 Å². The van der Waals surface area contributed by atoms with Gasteiger partial charge in [-0.05, 0) is 62.9 Å². The molecule has 1 aliphatic heterocycles. The van der Waals surface area contributed by atoms with Gasteiger partial charge in [-0.25, -0.2) is 0 Å². The van der Waals surface area contributed by atoms with Crippen LogP contribution in [0, 0.1) is 17.8 Å². The molecule has 1 saturated heterocycles. The molecule has 3 nitrogen and oxygen atoms in total. The Kier molecular flexibility index (Phi) is 6.31. The lowest BCUT2D eigenvalue weighted by Crippen LogP contribution is -2.50. The molecule has 0 amide bonds. The third kappa shape index (κ3) is 5.34. The zero-order valence-corrected chi connectivity index (χ0v) is 13.6. The number of nitrogens with zero attached hydrogens (tertiary/aromatic N) is 1. The lowest BCUT2D eigenvalue weighted by molar-refractivity contribution is 0.0744. The van der Waals surface area contributed by atoms with Gasteiger partial charge in [0.25, 0.3) is 0 Å². The lowest BCUT2D eigenvalue weighted by Gasteiger charge is -2.39. The highest BCUT2D eigenvalue weighted by Gasteiger charge is 2.34. The molecule has 3 unspecified atom stereocenters. The molecule has 1 heterocycles. The van der Waals surface area contributed by atoms with Crippen LogP contribution in [-0.2, 0) is 0 Å². The topological polar surface area (TPSA) is 35.5 Å². The molecule has 0 aromatic heterocycles. The molecule has 3 heteroatoms. The van der Waals surface area contributed by atoms with E-state index in [1.54, 1.807) is 0 Å². The summed E-state index contributed by atoms with van der Waals surface area (Å²) < 4.78 is 0. The fraction of sp³-hybridized carbons (Fsp3) is 1.00. The molecule has 20 heavy (non-hydrogen) atoms. The van der Waals surface area contributed by atoms with Crippen LogP contribution in [0.25, 0.3) is 0 Å². The molecule has 0 spiro atoms. The van der Waals surface area contributed by atoms with Gasteiger partial charge >= 0.3 is 0 Å². The van der Waals surface area contributed by atoms with Gasteiger partial charge in [-0.2, -0.15) is 0 Å². The van der Waals surface area contributed by atoms with Crippen molar-refractivity contribution in [1.82, 2.24) is 10.2 Å². The standard InChI is InChI=1S/C17H34N2O/c1-4-7-19-11-14(9-17(20)15-5-6-15)8-16(12-19)18-10-13(2)3/h13-18,20H,4-12H2,1-3H3. The van der Waals surface area contributed by atoms with E-state index in [-0.39, 0.29) is 6.10 Å². The van der Waals surface area contributed by atoms with Crippen molar-refractivity contribution < 1.29 is 5.11 Å². The van der Waals surface area contributed by atoms with Crippen LogP contribution < -0.4 is 5.32 Å². The summed E-state index contributed by atoms with van der Waals surface area (Å²) in [7, 11) is 0. The van der Waals surface area contributed by atoms with Gasteiger partial charge in [-0.15, -0.1) is 0 Å². The molecule has 1 aliphatic carbocycles. The van der Waals surface area contributed by atoms with Gasteiger partial charge in [0.15, 0.2) is 0 Å². The molecule has 3 atom stereocenters. The maximum Gasteiger partial charge on any atom is 0.0571 e. The van der Waals surface area contributed by atoms with E-state index in [4.69, 9.17) is 0 Å². The summed E-state index contributed by atoms with van der Waals surface area (Å²) in [4.78, 5) is 2.60.